The molecule has 2 amide bonds. The lowest BCUT2D eigenvalue weighted by Crippen LogP contribution is -2.54. The molecule has 4 rings (SSSR count). The van der Waals surface area contributed by atoms with Crippen molar-refractivity contribution in [1.82, 2.24) is 9.88 Å². The molecule has 5 nitrogen and oxygen atoms in total. The first kappa shape index (κ1) is 19.1. The number of carbonyl (C=O) groups excluding carboxylic acids is 2. The van der Waals surface area contributed by atoms with Crippen molar-refractivity contribution in [3.63, 3.8) is 0 Å². The molecule has 1 saturated heterocycles. The molecule has 0 unspecified atom stereocenters. The molecule has 7 heteroatoms. The van der Waals surface area contributed by atoms with Gasteiger partial charge in [-0.25, -0.2) is 0 Å². The number of terminal acetylenes is 1. The van der Waals surface area contributed by atoms with Crippen molar-refractivity contribution < 1.29 is 9.59 Å². The van der Waals surface area contributed by atoms with Gasteiger partial charge in [0.1, 0.15) is 5.57 Å². The van der Waals surface area contributed by atoms with Crippen molar-refractivity contribution in [3.05, 3.63) is 70.3 Å². The molecule has 1 fully saturated rings. The summed E-state index contributed by atoms with van der Waals surface area (Å²) in [6, 6.07) is 14.8. The number of benzene rings is 2. The number of hydrogen-bond donors (Lipinski definition) is 1. The van der Waals surface area contributed by atoms with E-state index in [-0.39, 0.29) is 10.7 Å². The highest BCUT2D eigenvalue weighted by Crippen LogP contribution is 2.27. The third-order valence-electron chi connectivity index (χ3n) is 4.57. The van der Waals surface area contributed by atoms with E-state index >= 15 is 0 Å². The number of rotatable bonds is 3. The first-order chi connectivity index (χ1) is 14.0. The third kappa shape index (κ3) is 3.48. The first-order valence-corrected chi connectivity index (χ1v) is 9.88. The molecule has 142 valence electrons. The van der Waals surface area contributed by atoms with Gasteiger partial charge in [0.15, 0.2) is 5.11 Å². The van der Waals surface area contributed by atoms with Crippen molar-refractivity contribution in [2.45, 2.75) is 6.54 Å². The van der Waals surface area contributed by atoms with Gasteiger partial charge in [-0.3, -0.25) is 19.8 Å². The number of nitrogens with zero attached hydrogens (tertiary/aromatic N) is 2. The number of nitrogens with one attached hydrogen (secondary N) is 1. The fraction of sp³-hybridized carbons (Fsp3) is 0.0455. The molecule has 2 aromatic carbocycles. The van der Waals surface area contributed by atoms with Crippen molar-refractivity contribution >= 4 is 67.7 Å². The van der Waals surface area contributed by atoms with Gasteiger partial charge in [0.2, 0.25) is 0 Å². The second-order valence-corrected chi connectivity index (χ2v) is 7.67. The van der Waals surface area contributed by atoms with Gasteiger partial charge >= 0.3 is 0 Å². The smallest absolute Gasteiger partial charge is 0.270 e. The Morgan fingerprint density at radius 3 is 2.59 bits per heavy atom. The van der Waals surface area contributed by atoms with Crippen LogP contribution in [0.1, 0.15) is 5.56 Å². The average Bonchev–Trinajstić information content (AvgIpc) is 3.04. The van der Waals surface area contributed by atoms with Crippen molar-refractivity contribution in [2.24, 2.45) is 0 Å². The van der Waals surface area contributed by atoms with Gasteiger partial charge < -0.3 is 4.57 Å². The second-order valence-electron chi connectivity index (χ2n) is 6.37. The van der Waals surface area contributed by atoms with Crippen LogP contribution in [0.5, 0.6) is 0 Å². The number of halogens is 1. The van der Waals surface area contributed by atoms with E-state index in [1.54, 1.807) is 30.3 Å². The first-order valence-electron chi connectivity index (χ1n) is 8.68. The molecular weight excluding hydrogens is 450 g/mol. The van der Waals surface area contributed by atoms with Gasteiger partial charge in [-0.05, 0) is 48.6 Å². The summed E-state index contributed by atoms with van der Waals surface area (Å²) in [6.07, 6.45) is 8.90. The van der Waals surface area contributed by atoms with E-state index < -0.39 is 11.8 Å². The van der Waals surface area contributed by atoms with Crippen LogP contribution in [-0.4, -0.2) is 21.5 Å². The molecule has 0 bridgehead atoms. The van der Waals surface area contributed by atoms with Crippen molar-refractivity contribution in [3.8, 4) is 12.3 Å². The Labute approximate surface area is 181 Å². The molecule has 3 aromatic rings. The fourth-order valence-corrected chi connectivity index (χ4v) is 3.80. The standard InChI is InChI=1S/C22H14BrN3O2S/c1-2-11-25-13-14(17-5-3-4-6-19(17)25)12-18-20(27)24-22(29)26(21(18)28)16-9-7-15(23)8-10-16/h1,3-10,12-13H,11H2,(H,24,27,29)/b18-12-. The molecule has 2 heterocycles. The van der Waals surface area contributed by atoms with E-state index in [4.69, 9.17) is 18.6 Å². The van der Waals surface area contributed by atoms with Crippen LogP contribution in [0.4, 0.5) is 5.69 Å². The highest BCUT2D eigenvalue weighted by molar-refractivity contribution is 9.10. The normalized spacial score (nSPS) is 15.7. The van der Waals surface area contributed by atoms with Crippen LogP contribution in [0.2, 0.25) is 0 Å². The van der Waals surface area contributed by atoms with E-state index in [1.165, 1.54) is 4.90 Å². The van der Waals surface area contributed by atoms with Gasteiger partial charge in [-0.1, -0.05) is 40.0 Å². The SMILES string of the molecule is C#CCn1cc(/C=C2/C(=O)NC(=S)N(c3ccc(Br)cc3)C2=O)c2ccccc21. The summed E-state index contributed by atoms with van der Waals surface area (Å²) in [6.45, 7) is 0.388. The lowest BCUT2D eigenvalue weighted by Gasteiger charge is -2.28. The number of fused-ring (bicyclic) bond motifs is 1. The predicted molar refractivity (Wildman–Crippen MR) is 121 cm³/mol. The van der Waals surface area contributed by atoms with Crippen LogP contribution in [0.15, 0.2) is 64.8 Å². The van der Waals surface area contributed by atoms with Gasteiger partial charge in [-0.15, -0.1) is 6.42 Å². The number of aromatic nitrogens is 1. The van der Waals surface area contributed by atoms with E-state index in [0.717, 1.165) is 20.9 Å². The number of hydrogen-bond acceptors (Lipinski definition) is 3. The maximum atomic E-state index is 13.2. The Morgan fingerprint density at radius 1 is 1.14 bits per heavy atom. The van der Waals surface area contributed by atoms with Gasteiger partial charge in [0.25, 0.3) is 11.8 Å². The summed E-state index contributed by atoms with van der Waals surface area (Å²) in [5, 5.41) is 3.55. The number of para-hydroxylation sites is 1. The van der Waals surface area contributed by atoms with Crippen LogP contribution in [0, 0.1) is 12.3 Å². The third-order valence-corrected chi connectivity index (χ3v) is 5.38. The molecule has 0 radical (unpaired) electrons. The van der Waals surface area contributed by atoms with E-state index in [0.29, 0.717) is 12.2 Å². The highest BCUT2D eigenvalue weighted by Gasteiger charge is 2.34. The summed E-state index contributed by atoms with van der Waals surface area (Å²) >= 11 is 8.61. The predicted octanol–water partition coefficient (Wildman–Crippen LogP) is 3.87. The molecule has 1 aliphatic heterocycles. The maximum absolute atomic E-state index is 13.2. The van der Waals surface area contributed by atoms with Crippen LogP contribution >= 0.6 is 28.1 Å². The summed E-state index contributed by atoms with van der Waals surface area (Å²) in [5.41, 5.74) is 2.24. The zero-order valence-electron chi connectivity index (χ0n) is 15.1. The molecule has 0 saturated carbocycles. The Kier molecular flexibility index (Phi) is 5.05. The quantitative estimate of drug-likeness (QED) is 0.277. The minimum atomic E-state index is -0.526. The molecule has 0 spiro atoms. The average molecular weight is 464 g/mol. The van der Waals surface area contributed by atoms with Gasteiger partial charge in [0.05, 0.1) is 12.2 Å². The van der Waals surface area contributed by atoms with Crippen LogP contribution in [0.3, 0.4) is 0 Å². The molecule has 1 N–H and O–H groups in total. The summed E-state index contributed by atoms with van der Waals surface area (Å²) < 4.78 is 2.78. The maximum Gasteiger partial charge on any atom is 0.270 e. The number of carbonyl (C=O) groups is 2. The minimum Gasteiger partial charge on any atom is -0.335 e. The summed E-state index contributed by atoms with van der Waals surface area (Å²) in [5.74, 6) is 1.61. The monoisotopic (exact) mass is 463 g/mol. The zero-order chi connectivity index (χ0) is 20.5. The molecule has 1 aromatic heterocycles. The highest BCUT2D eigenvalue weighted by atomic mass is 79.9. The van der Waals surface area contributed by atoms with Gasteiger partial charge in [0, 0.05) is 27.1 Å². The Balaban J connectivity index is 1.81. The number of thiocarbonyl (C=S) groups is 1. The molecule has 1 aliphatic rings. The summed E-state index contributed by atoms with van der Waals surface area (Å²) in [4.78, 5) is 27.0. The van der Waals surface area contributed by atoms with Crippen molar-refractivity contribution in [1.29, 1.82) is 0 Å². The van der Waals surface area contributed by atoms with Crippen molar-refractivity contribution in [2.75, 3.05) is 4.90 Å². The van der Waals surface area contributed by atoms with E-state index in [9.17, 15) is 9.59 Å². The Hall–Kier alpha value is -3.21. The molecular formula is C22H14BrN3O2S. The molecule has 29 heavy (non-hydrogen) atoms. The summed E-state index contributed by atoms with van der Waals surface area (Å²) in [7, 11) is 0. The number of anilines is 1. The van der Waals surface area contributed by atoms with E-state index in [1.807, 2.05) is 35.0 Å². The second kappa shape index (κ2) is 7.66. The Bertz CT molecular complexity index is 1240. The molecule has 0 atom stereocenters. The topological polar surface area (TPSA) is 54.3 Å². The number of amides is 2. The minimum absolute atomic E-state index is 0.00475. The zero-order valence-corrected chi connectivity index (χ0v) is 17.5. The van der Waals surface area contributed by atoms with E-state index in [2.05, 4.69) is 27.2 Å². The Morgan fingerprint density at radius 2 is 1.86 bits per heavy atom. The van der Waals surface area contributed by atoms with Gasteiger partial charge in [-0.2, -0.15) is 0 Å². The van der Waals surface area contributed by atoms with Crippen LogP contribution < -0.4 is 10.2 Å². The fourth-order valence-electron chi connectivity index (χ4n) is 3.26. The largest absolute Gasteiger partial charge is 0.335 e. The lowest BCUT2D eigenvalue weighted by molar-refractivity contribution is -0.122. The lowest BCUT2D eigenvalue weighted by atomic mass is 10.1. The van der Waals surface area contributed by atoms with Crippen LogP contribution in [0.25, 0.3) is 17.0 Å². The van der Waals surface area contributed by atoms with Crippen LogP contribution in [-0.2, 0) is 16.1 Å². The molecule has 0 aliphatic carbocycles.